The van der Waals surface area contributed by atoms with Gasteiger partial charge in [-0.1, -0.05) is 0 Å². The van der Waals surface area contributed by atoms with Crippen molar-refractivity contribution in [3.8, 4) is 0 Å². The van der Waals surface area contributed by atoms with Crippen LogP contribution >= 0.6 is 0 Å². The summed E-state index contributed by atoms with van der Waals surface area (Å²) < 4.78 is 0. The Bertz CT molecular complexity index is 61.9. The zero-order valence-electron chi connectivity index (χ0n) is 3.57. The molecule has 0 aliphatic rings. The van der Waals surface area contributed by atoms with Gasteiger partial charge in [-0.05, 0) is 24.9 Å². The van der Waals surface area contributed by atoms with Crippen molar-refractivity contribution in [1.82, 2.24) is 0 Å². The third-order valence-electron chi connectivity index (χ3n) is 0.413. The molecule has 34 valence electrons. The smallest absolute Gasteiger partial charge is 0.00360 e. The van der Waals surface area contributed by atoms with Crippen LogP contribution in [0.15, 0.2) is 6.08 Å². The molecule has 0 aromatic carbocycles. The first kappa shape index (κ1) is 5.41. The number of hydrogen-bond acceptors (Lipinski definition) is 2. The Balaban J connectivity index is 2.86. The minimum Gasteiger partial charge on any atom is -0.330 e. The molecular weight excluding hydrogens is 76.1 g/mol. The number of nitrogens with two attached hydrogens (primary N) is 1. The highest BCUT2D eigenvalue weighted by Gasteiger charge is 1.64. The average Bonchev–Trinajstić information content (AvgIpc) is 1.61. The van der Waals surface area contributed by atoms with Gasteiger partial charge in [0.05, 0.1) is 0 Å². The highest BCUT2D eigenvalue weighted by molar-refractivity contribution is 5.46. The Labute approximate surface area is 37.2 Å². The van der Waals surface area contributed by atoms with Gasteiger partial charge in [-0.15, -0.1) is 0 Å². The monoisotopic (exact) mass is 84.1 g/mol. The van der Waals surface area contributed by atoms with Crippen LogP contribution in [0.3, 0.4) is 0 Å². The summed E-state index contributed by atoms with van der Waals surface area (Å²) in [6, 6.07) is 0. The number of hydrogen-bond donors (Lipinski definition) is 2. The van der Waals surface area contributed by atoms with Gasteiger partial charge in [-0.25, -0.2) is 0 Å². The molecule has 0 aromatic rings. The summed E-state index contributed by atoms with van der Waals surface area (Å²) >= 11 is 0. The molecule has 0 heterocycles. The van der Waals surface area contributed by atoms with Gasteiger partial charge >= 0.3 is 0 Å². The molecule has 3 N–H and O–H groups in total. The van der Waals surface area contributed by atoms with Crippen molar-refractivity contribution in [3.63, 3.8) is 0 Å². The lowest BCUT2D eigenvalue weighted by molar-refractivity contribution is 1.01. The van der Waals surface area contributed by atoms with E-state index >= 15 is 0 Å². The second-order valence-corrected chi connectivity index (χ2v) is 0.926. The fourth-order valence-electron chi connectivity index (χ4n) is 0.156. The summed E-state index contributed by atoms with van der Waals surface area (Å²) in [5.74, 6) is 2.11. The first-order valence-electron chi connectivity index (χ1n) is 1.86. The molecule has 0 bridgehead atoms. The van der Waals surface area contributed by atoms with Crippen molar-refractivity contribution in [2.24, 2.45) is 5.73 Å². The second-order valence-electron chi connectivity index (χ2n) is 0.926. The van der Waals surface area contributed by atoms with Gasteiger partial charge in [-0.2, -0.15) is 0 Å². The zero-order chi connectivity index (χ0) is 4.83. The van der Waals surface area contributed by atoms with Crippen molar-refractivity contribution in [3.05, 3.63) is 6.08 Å². The van der Waals surface area contributed by atoms with Crippen molar-refractivity contribution in [1.29, 1.82) is 5.41 Å². The average molecular weight is 84.1 g/mol. The molecule has 0 aliphatic carbocycles. The van der Waals surface area contributed by atoms with Crippen LogP contribution in [0.25, 0.3) is 0 Å². The predicted octanol–water partition coefficient (Wildman–Crippen LogP) is 0.140. The number of rotatable bonds is 2. The van der Waals surface area contributed by atoms with Gasteiger partial charge in [0.1, 0.15) is 0 Å². The number of nitrogens with one attached hydrogen (secondary N) is 1. The Morgan fingerprint density at radius 2 is 2.50 bits per heavy atom. The van der Waals surface area contributed by atoms with E-state index in [1.54, 1.807) is 6.08 Å². The van der Waals surface area contributed by atoms with E-state index in [9.17, 15) is 0 Å². The molecule has 2 heteroatoms. The third kappa shape index (κ3) is 3.41. The first-order chi connectivity index (χ1) is 2.91. The summed E-state index contributed by atoms with van der Waals surface area (Å²) in [4.78, 5) is 0. The molecule has 0 atom stereocenters. The van der Waals surface area contributed by atoms with Crippen LogP contribution in [-0.2, 0) is 0 Å². The van der Waals surface area contributed by atoms with Gasteiger partial charge in [0, 0.05) is 0 Å². The van der Waals surface area contributed by atoms with Gasteiger partial charge in [0.15, 0.2) is 0 Å². The van der Waals surface area contributed by atoms with E-state index in [0.29, 0.717) is 6.54 Å². The van der Waals surface area contributed by atoms with Gasteiger partial charge in [-0.3, -0.25) is 5.41 Å². The molecule has 0 amide bonds. The molecule has 0 radical (unpaired) electrons. The third-order valence-corrected chi connectivity index (χ3v) is 0.413. The lowest BCUT2D eigenvalue weighted by Crippen LogP contribution is -1.94. The molecule has 0 saturated carbocycles. The maximum atomic E-state index is 6.34. The van der Waals surface area contributed by atoms with Crippen LogP contribution in [0.2, 0.25) is 0 Å². The van der Waals surface area contributed by atoms with Gasteiger partial charge in [0.2, 0.25) is 0 Å². The lowest BCUT2D eigenvalue weighted by Gasteiger charge is -1.73. The van der Waals surface area contributed by atoms with E-state index in [1.165, 1.54) is 0 Å². The normalized spacial score (nSPS) is 6.83. The molecule has 0 fully saturated rings. The maximum Gasteiger partial charge on any atom is -0.00360 e. The van der Waals surface area contributed by atoms with Crippen molar-refractivity contribution < 1.29 is 0 Å². The van der Waals surface area contributed by atoms with Crippen LogP contribution in [0, 0.1) is 5.41 Å². The lowest BCUT2D eigenvalue weighted by atomic mass is 10.4. The summed E-state index contributed by atoms with van der Waals surface area (Å²) in [6.45, 7) is 0.617. The highest BCUT2D eigenvalue weighted by atomic mass is 14.5. The fraction of sp³-hybridized carbons (Fsp3) is 0.500. The van der Waals surface area contributed by atoms with E-state index in [2.05, 4.69) is 5.87 Å². The Morgan fingerprint density at radius 3 is 2.67 bits per heavy atom. The predicted molar refractivity (Wildman–Crippen MR) is 26.0 cm³/mol. The standard InChI is InChI=1S/C4H8N2/c5-3-1-2-4-6/h1,5H,2,4,6H2. The topological polar surface area (TPSA) is 49.9 Å². The van der Waals surface area contributed by atoms with E-state index in [-0.39, 0.29) is 0 Å². The Hall–Kier alpha value is -0.590. The molecule has 0 saturated heterocycles. The fourth-order valence-corrected chi connectivity index (χ4v) is 0.156. The van der Waals surface area contributed by atoms with Crippen molar-refractivity contribution >= 4 is 5.87 Å². The Morgan fingerprint density at radius 1 is 1.83 bits per heavy atom. The zero-order valence-corrected chi connectivity index (χ0v) is 3.57. The van der Waals surface area contributed by atoms with Crippen LogP contribution < -0.4 is 5.73 Å². The quantitative estimate of drug-likeness (QED) is 0.459. The van der Waals surface area contributed by atoms with Crippen LogP contribution in [0.4, 0.5) is 0 Å². The Kier molecular flexibility index (Phi) is 3.98. The SMILES string of the molecule is N=C=CCCN. The maximum absolute atomic E-state index is 6.34. The van der Waals surface area contributed by atoms with Crippen molar-refractivity contribution in [2.75, 3.05) is 6.54 Å². The molecule has 6 heavy (non-hydrogen) atoms. The molecule has 0 aromatic heterocycles. The van der Waals surface area contributed by atoms with Gasteiger partial charge < -0.3 is 5.73 Å². The minimum atomic E-state index is 0.617. The van der Waals surface area contributed by atoms with Crippen LogP contribution in [-0.4, -0.2) is 12.4 Å². The molecule has 2 nitrogen and oxygen atoms in total. The minimum absolute atomic E-state index is 0.617. The summed E-state index contributed by atoms with van der Waals surface area (Å²) in [6.07, 6.45) is 2.36. The van der Waals surface area contributed by atoms with Crippen molar-refractivity contribution in [2.45, 2.75) is 6.42 Å². The van der Waals surface area contributed by atoms with Crippen LogP contribution in [0.1, 0.15) is 6.42 Å². The summed E-state index contributed by atoms with van der Waals surface area (Å²) in [7, 11) is 0. The van der Waals surface area contributed by atoms with E-state index in [1.807, 2.05) is 0 Å². The van der Waals surface area contributed by atoms with E-state index in [4.69, 9.17) is 11.1 Å². The molecule has 0 unspecified atom stereocenters. The molecular formula is C4H8N2. The molecule has 0 rings (SSSR count). The van der Waals surface area contributed by atoms with E-state index < -0.39 is 0 Å². The molecule has 0 spiro atoms. The summed E-state index contributed by atoms with van der Waals surface area (Å²) in [5.41, 5.74) is 5.06. The largest absolute Gasteiger partial charge is 0.330 e. The molecule has 0 aliphatic heterocycles. The van der Waals surface area contributed by atoms with E-state index in [0.717, 1.165) is 6.42 Å². The highest BCUT2D eigenvalue weighted by Crippen LogP contribution is 1.66. The summed E-state index contributed by atoms with van der Waals surface area (Å²) in [5, 5.41) is 6.34. The van der Waals surface area contributed by atoms with Crippen LogP contribution in [0.5, 0.6) is 0 Å². The second kappa shape index (κ2) is 4.41. The van der Waals surface area contributed by atoms with Gasteiger partial charge in [0.25, 0.3) is 0 Å². The first-order valence-corrected chi connectivity index (χ1v) is 1.86.